The van der Waals surface area contributed by atoms with E-state index in [0.29, 0.717) is 17.1 Å². The maximum Gasteiger partial charge on any atom is 0.163 e. The Labute approximate surface area is 109 Å². The average Bonchev–Trinajstić information content (AvgIpc) is 2.34. The van der Waals surface area contributed by atoms with E-state index in [4.69, 9.17) is 16.3 Å². The third kappa shape index (κ3) is 2.68. The van der Waals surface area contributed by atoms with Gasteiger partial charge in [0.1, 0.15) is 17.3 Å². The minimum atomic E-state index is -0.561. The monoisotopic (exact) mass is 264 g/mol. The first kappa shape index (κ1) is 12.6. The number of hydrogen-bond donors (Lipinski definition) is 0. The predicted octanol–water partition coefficient (Wildman–Crippen LogP) is 4.47. The van der Waals surface area contributed by atoms with Crippen LogP contribution in [0.3, 0.4) is 0 Å². The quantitative estimate of drug-likeness (QED) is 0.765. The fourth-order valence-electron chi connectivity index (χ4n) is 1.51. The van der Waals surface area contributed by atoms with E-state index < -0.39 is 5.82 Å². The molecule has 0 radical (unpaired) electrons. The van der Waals surface area contributed by atoms with E-state index >= 15 is 0 Å². The van der Waals surface area contributed by atoms with Gasteiger partial charge >= 0.3 is 0 Å². The standard InChI is InChI=1S/C14H10ClFO2/c1-9(17)11-4-2-3-5-14(11)18-10-6-7-12(15)13(16)8-10/h2-8H,1H3. The Morgan fingerprint density at radius 2 is 1.94 bits per heavy atom. The molecular formula is C14H10ClFO2. The molecule has 0 aliphatic heterocycles. The first-order valence-corrected chi connectivity index (χ1v) is 5.68. The molecule has 0 amide bonds. The normalized spacial score (nSPS) is 10.2. The highest BCUT2D eigenvalue weighted by molar-refractivity contribution is 6.30. The molecule has 0 N–H and O–H groups in total. The molecule has 92 valence electrons. The third-order valence-corrected chi connectivity index (χ3v) is 2.69. The molecule has 0 saturated carbocycles. The van der Waals surface area contributed by atoms with Crippen LogP contribution in [0.25, 0.3) is 0 Å². The van der Waals surface area contributed by atoms with E-state index in [-0.39, 0.29) is 10.8 Å². The summed E-state index contributed by atoms with van der Waals surface area (Å²) in [6, 6.07) is 10.9. The summed E-state index contributed by atoms with van der Waals surface area (Å²) in [5.74, 6) is 0.0202. The Kier molecular flexibility index (Phi) is 3.63. The Hall–Kier alpha value is -1.87. The van der Waals surface area contributed by atoms with Gasteiger partial charge in [-0.3, -0.25) is 4.79 Å². The van der Waals surface area contributed by atoms with Gasteiger partial charge in [0.2, 0.25) is 0 Å². The topological polar surface area (TPSA) is 26.3 Å². The Bertz CT molecular complexity index is 596. The van der Waals surface area contributed by atoms with Crippen LogP contribution in [0.15, 0.2) is 42.5 Å². The van der Waals surface area contributed by atoms with Crippen LogP contribution in [0, 0.1) is 5.82 Å². The van der Waals surface area contributed by atoms with Crippen LogP contribution in [-0.4, -0.2) is 5.78 Å². The third-order valence-electron chi connectivity index (χ3n) is 2.39. The van der Waals surface area contributed by atoms with Crippen LogP contribution in [-0.2, 0) is 0 Å². The molecule has 0 unspecified atom stereocenters. The lowest BCUT2D eigenvalue weighted by Gasteiger charge is -2.09. The number of carbonyl (C=O) groups is 1. The highest BCUT2D eigenvalue weighted by atomic mass is 35.5. The van der Waals surface area contributed by atoms with Crippen molar-refractivity contribution in [3.8, 4) is 11.5 Å². The maximum absolute atomic E-state index is 13.3. The second-order valence-corrected chi connectivity index (χ2v) is 4.14. The Morgan fingerprint density at radius 1 is 1.22 bits per heavy atom. The zero-order valence-corrected chi connectivity index (χ0v) is 10.4. The van der Waals surface area contributed by atoms with Crippen molar-refractivity contribution in [3.05, 3.63) is 58.9 Å². The van der Waals surface area contributed by atoms with Crippen molar-refractivity contribution in [1.82, 2.24) is 0 Å². The molecule has 0 heterocycles. The summed E-state index contributed by atoms with van der Waals surface area (Å²) in [6.07, 6.45) is 0. The molecule has 0 aromatic heterocycles. The first-order chi connectivity index (χ1) is 8.58. The SMILES string of the molecule is CC(=O)c1ccccc1Oc1ccc(Cl)c(F)c1. The van der Waals surface area contributed by atoms with E-state index in [0.717, 1.165) is 0 Å². The minimum Gasteiger partial charge on any atom is -0.457 e. The number of para-hydroxylation sites is 1. The van der Waals surface area contributed by atoms with Gasteiger partial charge in [-0.15, -0.1) is 0 Å². The zero-order valence-electron chi connectivity index (χ0n) is 9.61. The van der Waals surface area contributed by atoms with Crippen LogP contribution in [0.5, 0.6) is 11.5 Å². The number of halogens is 2. The van der Waals surface area contributed by atoms with Gasteiger partial charge in [0, 0.05) is 6.07 Å². The van der Waals surface area contributed by atoms with Crippen molar-refractivity contribution in [2.45, 2.75) is 6.92 Å². The second kappa shape index (κ2) is 5.19. The number of benzene rings is 2. The van der Waals surface area contributed by atoms with Crippen molar-refractivity contribution >= 4 is 17.4 Å². The van der Waals surface area contributed by atoms with Gasteiger partial charge in [-0.05, 0) is 31.2 Å². The fraction of sp³-hybridized carbons (Fsp3) is 0.0714. The summed E-state index contributed by atoms with van der Waals surface area (Å²) < 4.78 is 18.7. The van der Waals surface area contributed by atoms with E-state index in [1.807, 2.05) is 0 Å². The lowest BCUT2D eigenvalue weighted by molar-refractivity contribution is 0.101. The predicted molar refractivity (Wildman–Crippen MR) is 67.9 cm³/mol. The van der Waals surface area contributed by atoms with Crippen LogP contribution in [0.2, 0.25) is 5.02 Å². The lowest BCUT2D eigenvalue weighted by atomic mass is 10.1. The van der Waals surface area contributed by atoms with Crippen LogP contribution in [0.1, 0.15) is 17.3 Å². The molecule has 0 fully saturated rings. The summed E-state index contributed by atoms with van der Waals surface area (Å²) in [4.78, 5) is 11.4. The van der Waals surface area contributed by atoms with Crippen molar-refractivity contribution < 1.29 is 13.9 Å². The molecule has 18 heavy (non-hydrogen) atoms. The van der Waals surface area contributed by atoms with E-state index in [1.165, 1.54) is 19.1 Å². The number of carbonyl (C=O) groups excluding carboxylic acids is 1. The largest absolute Gasteiger partial charge is 0.457 e. The second-order valence-electron chi connectivity index (χ2n) is 3.73. The fourth-order valence-corrected chi connectivity index (χ4v) is 1.63. The molecule has 4 heteroatoms. The number of hydrogen-bond acceptors (Lipinski definition) is 2. The summed E-state index contributed by atoms with van der Waals surface area (Å²) in [5, 5.41) is 0.0298. The van der Waals surface area contributed by atoms with E-state index in [1.54, 1.807) is 30.3 Å². The molecule has 0 aliphatic carbocycles. The van der Waals surface area contributed by atoms with Crippen molar-refractivity contribution in [3.63, 3.8) is 0 Å². The van der Waals surface area contributed by atoms with Gasteiger partial charge < -0.3 is 4.74 Å². The number of ether oxygens (including phenoxy) is 1. The number of ketones is 1. The van der Waals surface area contributed by atoms with E-state index in [2.05, 4.69) is 0 Å². The summed E-state index contributed by atoms with van der Waals surface area (Å²) in [5.41, 5.74) is 0.452. The first-order valence-electron chi connectivity index (χ1n) is 5.31. The zero-order chi connectivity index (χ0) is 13.1. The average molecular weight is 265 g/mol. The van der Waals surface area contributed by atoms with Gasteiger partial charge in [-0.2, -0.15) is 0 Å². The molecule has 0 bridgehead atoms. The molecule has 0 spiro atoms. The smallest absolute Gasteiger partial charge is 0.163 e. The van der Waals surface area contributed by atoms with Crippen molar-refractivity contribution in [2.24, 2.45) is 0 Å². The van der Waals surface area contributed by atoms with Gasteiger partial charge in [0.25, 0.3) is 0 Å². The molecule has 0 aliphatic rings. The molecular weight excluding hydrogens is 255 g/mol. The molecule has 2 aromatic rings. The van der Waals surface area contributed by atoms with Crippen LogP contribution in [0.4, 0.5) is 4.39 Å². The molecule has 0 atom stereocenters. The summed E-state index contributed by atoms with van der Waals surface area (Å²) in [6.45, 7) is 1.45. The molecule has 0 saturated heterocycles. The van der Waals surface area contributed by atoms with Crippen LogP contribution < -0.4 is 4.74 Å². The van der Waals surface area contributed by atoms with Gasteiger partial charge in [-0.25, -0.2) is 4.39 Å². The van der Waals surface area contributed by atoms with Crippen molar-refractivity contribution in [2.75, 3.05) is 0 Å². The highest BCUT2D eigenvalue weighted by Crippen LogP contribution is 2.28. The van der Waals surface area contributed by atoms with Gasteiger partial charge in [-0.1, -0.05) is 23.7 Å². The molecule has 2 aromatic carbocycles. The summed E-state index contributed by atoms with van der Waals surface area (Å²) in [7, 11) is 0. The maximum atomic E-state index is 13.3. The van der Waals surface area contributed by atoms with Gasteiger partial charge in [0.05, 0.1) is 10.6 Å². The highest BCUT2D eigenvalue weighted by Gasteiger charge is 2.09. The molecule has 2 nitrogen and oxygen atoms in total. The molecule has 2 rings (SSSR count). The lowest BCUT2D eigenvalue weighted by Crippen LogP contribution is -1.96. The van der Waals surface area contributed by atoms with E-state index in [9.17, 15) is 9.18 Å². The van der Waals surface area contributed by atoms with Crippen LogP contribution >= 0.6 is 11.6 Å². The minimum absolute atomic E-state index is 0.0298. The Balaban J connectivity index is 2.34. The Morgan fingerprint density at radius 3 is 2.61 bits per heavy atom. The van der Waals surface area contributed by atoms with Crippen molar-refractivity contribution in [1.29, 1.82) is 0 Å². The summed E-state index contributed by atoms with van der Waals surface area (Å²) >= 11 is 5.58. The van der Waals surface area contributed by atoms with Gasteiger partial charge in [0.15, 0.2) is 5.78 Å². The number of Topliss-reactive ketones (excluding diaryl/α,β-unsaturated/α-hetero) is 1. The number of rotatable bonds is 3.